The first kappa shape index (κ1) is 19.7. The van der Waals surface area contributed by atoms with Crippen LogP contribution in [-0.2, 0) is 14.8 Å². The van der Waals surface area contributed by atoms with Gasteiger partial charge in [-0.3, -0.25) is 4.79 Å². The van der Waals surface area contributed by atoms with Crippen molar-refractivity contribution in [1.82, 2.24) is 9.21 Å². The Morgan fingerprint density at radius 3 is 2.28 bits per heavy atom. The summed E-state index contributed by atoms with van der Waals surface area (Å²) < 4.78 is 32.6. The lowest BCUT2D eigenvalue weighted by Gasteiger charge is -2.35. The Morgan fingerprint density at radius 2 is 1.76 bits per heavy atom. The highest BCUT2D eigenvalue weighted by Gasteiger charge is 2.32. The van der Waals surface area contributed by atoms with Crippen LogP contribution in [0.3, 0.4) is 0 Å². The minimum Gasteiger partial charge on any atom is -0.495 e. The van der Waals surface area contributed by atoms with Crippen molar-refractivity contribution >= 4 is 15.9 Å². The lowest BCUT2D eigenvalue weighted by Crippen LogP contribution is -2.51. The van der Waals surface area contributed by atoms with Gasteiger partial charge in [0, 0.05) is 32.6 Å². The topological polar surface area (TPSA) is 66.9 Å². The van der Waals surface area contributed by atoms with Crippen LogP contribution in [0.1, 0.15) is 32.8 Å². The molecule has 1 amide bonds. The van der Waals surface area contributed by atoms with Gasteiger partial charge in [0.1, 0.15) is 10.6 Å². The quantitative estimate of drug-likeness (QED) is 0.818. The number of piperazine rings is 1. The molecule has 0 aromatic heterocycles. The third-order valence-corrected chi connectivity index (χ3v) is 6.13. The SMILES string of the molecule is COc1ccc(C)cc1S(=O)(=O)N1CCN(C(=O)CC(C)(C)C)CC1. The minimum atomic E-state index is -3.64. The number of amides is 1. The van der Waals surface area contributed by atoms with E-state index in [0.717, 1.165) is 5.56 Å². The molecule has 0 bridgehead atoms. The Bertz CT molecular complexity index is 730. The number of nitrogens with zero attached hydrogens (tertiary/aromatic N) is 2. The Hall–Kier alpha value is -1.60. The lowest BCUT2D eigenvalue weighted by molar-refractivity contribution is -0.134. The molecule has 0 saturated carbocycles. The van der Waals surface area contributed by atoms with Crippen LogP contribution in [0.4, 0.5) is 0 Å². The third-order valence-electron chi connectivity index (χ3n) is 4.21. The summed E-state index contributed by atoms with van der Waals surface area (Å²) in [5.41, 5.74) is 0.785. The maximum atomic E-state index is 13.0. The number of carbonyl (C=O) groups excluding carboxylic acids is 1. The predicted molar refractivity (Wildman–Crippen MR) is 97.1 cm³/mol. The summed E-state index contributed by atoms with van der Waals surface area (Å²) in [5.74, 6) is 0.425. The van der Waals surface area contributed by atoms with E-state index in [-0.39, 0.29) is 16.2 Å². The van der Waals surface area contributed by atoms with Crippen LogP contribution in [0.25, 0.3) is 0 Å². The van der Waals surface area contributed by atoms with Gasteiger partial charge in [-0.05, 0) is 30.0 Å². The molecule has 7 heteroatoms. The van der Waals surface area contributed by atoms with Gasteiger partial charge in [0.15, 0.2) is 0 Å². The zero-order chi connectivity index (χ0) is 18.8. The van der Waals surface area contributed by atoms with Gasteiger partial charge in [-0.15, -0.1) is 0 Å². The summed E-state index contributed by atoms with van der Waals surface area (Å²) >= 11 is 0. The van der Waals surface area contributed by atoms with Gasteiger partial charge < -0.3 is 9.64 Å². The lowest BCUT2D eigenvalue weighted by atomic mass is 9.91. The van der Waals surface area contributed by atoms with Crippen LogP contribution in [0.2, 0.25) is 0 Å². The molecule has 2 rings (SSSR count). The molecule has 0 spiro atoms. The first-order chi connectivity index (χ1) is 11.5. The van der Waals surface area contributed by atoms with E-state index in [1.807, 2.05) is 33.8 Å². The molecule has 1 aliphatic rings. The van der Waals surface area contributed by atoms with Crippen LogP contribution in [0.5, 0.6) is 5.75 Å². The van der Waals surface area contributed by atoms with Crippen molar-refractivity contribution in [2.24, 2.45) is 5.41 Å². The molecular weight excluding hydrogens is 340 g/mol. The Labute approximate surface area is 150 Å². The maximum absolute atomic E-state index is 13.0. The molecule has 0 atom stereocenters. The van der Waals surface area contributed by atoms with Crippen LogP contribution >= 0.6 is 0 Å². The van der Waals surface area contributed by atoms with Crippen molar-refractivity contribution in [1.29, 1.82) is 0 Å². The second kappa shape index (κ2) is 7.33. The van der Waals surface area contributed by atoms with Crippen molar-refractivity contribution in [2.45, 2.75) is 39.0 Å². The van der Waals surface area contributed by atoms with Crippen molar-refractivity contribution in [2.75, 3.05) is 33.3 Å². The van der Waals surface area contributed by atoms with Crippen molar-refractivity contribution in [3.05, 3.63) is 23.8 Å². The Kier molecular flexibility index (Phi) is 5.79. The maximum Gasteiger partial charge on any atom is 0.246 e. The summed E-state index contributed by atoms with van der Waals surface area (Å²) in [6.45, 7) is 9.36. The fourth-order valence-corrected chi connectivity index (χ4v) is 4.53. The predicted octanol–water partition coefficient (Wildman–Crippen LogP) is 2.27. The largest absolute Gasteiger partial charge is 0.495 e. The molecule has 0 aliphatic carbocycles. The van der Waals surface area contributed by atoms with E-state index >= 15 is 0 Å². The van der Waals surface area contributed by atoms with Crippen LogP contribution < -0.4 is 4.74 Å². The molecule has 0 radical (unpaired) electrons. The average Bonchev–Trinajstić information content (AvgIpc) is 2.53. The Balaban J connectivity index is 2.12. The van der Waals surface area contributed by atoms with E-state index in [4.69, 9.17) is 4.74 Å². The second-order valence-electron chi connectivity index (χ2n) is 7.68. The fourth-order valence-electron chi connectivity index (χ4n) is 2.87. The monoisotopic (exact) mass is 368 g/mol. The first-order valence-electron chi connectivity index (χ1n) is 8.47. The fraction of sp³-hybridized carbons (Fsp3) is 0.611. The molecule has 0 N–H and O–H groups in total. The zero-order valence-electron chi connectivity index (χ0n) is 15.7. The molecule has 1 aromatic rings. The van der Waals surface area contributed by atoms with E-state index in [9.17, 15) is 13.2 Å². The van der Waals surface area contributed by atoms with E-state index in [2.05, 4.69) is 0 Å². The van der Waals surface area contributed by atoms with Crippen LogP contribution in [0.15, 0.2) is 23.1 Å². The van der Waals surface area contributed by atoms with Gasteiger partial charge in [0.25, 0.3) is 0 Å². The molecule has 6 nitrogen and oxygen atoms in total. The molecule has 1 aliphatic heterocycles. The summed E-state index contributed by atoms with van der Waals surface area (Å²) in [6, 6.07) is 5.12. The van der Waals surface area contributed by atoms with Gasteiger partial charge in [-0.1, -0.05) is 26.8 Å². The van der Waals surface area contributed by atoms with Crippen LogP contribution in [0, 0.1) is 12.3 Å². The van der Waals surface area contributed by atoms with E-state index in [1.54, 1.807) is 17.0 Å². The molecule has 1 heterocycles. The number of benzene rings is 1. The molecule has 0 unspecified atom stereocenters. The van der Waals surface area contributed by atoms with Crippen molar-refractivity contribution < 1.29 is 17.9 Å². The third kappa shape index (κ3) is 4.73. The number of hydrogen-bond acceptors (Lipinski definition) is 4. The summed E-state index contributed by atoms with van der Waals surface area (Å²) in [7, 11) is -2.18. The number of carbonyl (C=O) groups is 1. The molecule has 1 aromatic carbocycles. The molecular formula is C18H28N2O4S. The number of ether oxygens (including phenoxy) is 1. The zero-order valence-corrected chi connectivity index (χ0v) is 16.5. The van der Waals surface area contributed by atoms with Crippen molar-refractivity contribution in [3.63, 3.8) is 0 Å². The average molecular weight is 368 g/mol. The van der Waals surface area contributed by atoms with Gasteiger partial charge in [-0.25, -0.2) is 8.42 Å². The normalized spacial score (nSPS) is 16.8. The molecule has 140 valence electrons. The summed E-state index contributed by atoms with van der Waals surface area (Å²) in [5, 5.41) is 0. The molecule has 25 heavy (non-hydrogen) atoms. The second-order valence-corrected chi connectivity index (χ2v) is 9.58. The smallest absolute Gasteiger partial charge is 0.246 e. The highest BCUT2D eigenvalue weighted by molar-refractivity contribution is 7.89. The van der Waals surface area contributed by atoms with E-state index in [0.29, 0.717) is 38.3 Å². The molecule has 1 fully saturated rings. The van der Waals surface area contributed by atoms with Gasteiger partial charge in [-0.2, -0.15) is 4.31 Å². The number of methoxy groups -OCH3 is 1. The summed E-state index contributed by atoms with van der Waals surface area (Å²) in [4.78, 5) is 14.3. The van der Waals surface area contributed by atoms with Gasteiger partial charge in [0.2, 0.25) is 15.9 Å². The number of rotatable bonds is 4. The molecule has 1 saturated heterocycles. The highest BCUT2D eigenvalue weighted by atomic mass is 32.2. The number of aryl methyl sites for hydroxylation is 1. The van der Waals surface area contributed by atoms with E-state index < -0.39 is 10.0 Å². The van der Waals surface area contributed by atoms with Gasteiger partial charge >= 0.3 is 0 Å². The van der Waals surface area contributed by atoms with E-state index in [1.165, 1.54) is 11.4 Å². The van der Waals surface area contributed by atoms with Crippen LogP contribution in [-0.4, -0.2) is 56.8 Å². The number of sulfonamides is 1. The first-order valence-corrected chi connectivity index (χ1v) is 9.91. The van der Waals surface area contributed by atoms with Gasteiger partial charge in [0.05, 0.1) is 7.11 Å². The summed E-state index contributed by atoms with van der Waals surface area (Å²) in [6.07, 6.45) is 0.464. The highest BCUT2D eigenvalue weighted by Crippen LogP contribution is 2.28. The standard InChI is InChI=1S/C18H28N2O4S/c1-14-6-7-15(24-5)16(12-14)25(22,23)20-10-8-19(9-11-20)17(21)13-18(2,3)4/h6-7,12H,8-11,13H2,1-5H3. The Morgan fingerprint density at radius 1 is 1.16 bits per heavy atom. The minimum absolute atomic E-state index is 0.0742. The number of hydrogen-bond donors (Lipinski definition) is 0. The van der Waals surface area contributed by atoms with Crippen molar-refractivity contribution in [3.8, 4) is 5.75 Å².